The number of imidazole rings is 2. The van der Waals surface area contributed by atoms with Crippen LogP contribution in [-0.2, 0) is 25.7 Å². The molecule has 320 valence electrons. The molecule has 7 aromatic rings. The van der Waals surface area contributed by atoms with Crippen LogP contribution in [0.3, 0.4) is 0 Å². The first-order valence-corrected chi connectivity index (χ1v) is 18.7. The van der Waals surface area contributed by atoms with E-state index in [0.717, 1.165) is 18.9 Å². The summed E-state index contributed by atoms with van der Waals surface area (Å²) in [5.41, 5.74) is 7.35. The number of ether oxygens (including phenoxy) is 6. The van der Waals surface area contributed by atoms with Gasteiger partial charge in [0.2, 0.25) is 5.72 Å². The zero-order valence-electron chi connectivity index (χ0n) is 34.3. The minimum absolute atomic E-state index is 0.0105. The lowest BCUT2D eigenvalue weighted by Crippen LogP contribution is -2.57. The summed E-state index contributed by atoms with van der Waals surface area (Å²) in [5, 5.41) is 32.1. The summed E-state index contributed by atoms with van der Waals surface area (Å²) in [6.45, 7) is 1.14. The van der Waals surface area contributed by atoms with E-state index in [2.05, 4.69) is 19.9 Å². The Labute approximate surface area is 353 Å². The van der Waals surface area contributed by atoms with Crippen molar-refractivity contribution in [1.82, 2.24) is 24.5 Å². The molecule has 4 aromatic carbocycles. The summed E-state index contributed by atoms with van der Waals surface area (Å²) in [7, 11) is 6.55. The quantitative estimate of drug-likeness (QED) is 0.0254. The minimum atomic E-state index is -2.47. The molecule has 62 heavy (non-hydrogen) atoms. The van der Waals surface area contributed by atoms with Crippen molar-refractivity contribution < 1.29 is 53.0 Å². The van der Waals surface area contributed by atoms with Crippen LogP contribution in [0.5, 0.6) is 28.7 Å². The summed E-state index contributed by atoms with van der Waals surface area (Å²) in [6.07, 6.45) is 0.463. The molecule has 3 heterocycles. The van der Waals surface area contributed by atoms with E-state index < -0.39 is 35.2 Å². The molecule has 7 rings (SSSR count). The lowest BCUT2D eigenvalue weighted by molar-refractivity contribution is -0.159. The molecule has 0 radical (unpaired) electrons. The first kappa shape index (κ1) is 42.1. The van der Waals surface area contributed by atoms with Gasteiger partial charge in [-0.1, -0.05) is 18.2 Å². The molecule has 7 N–H and O–H groups in total. The zero-order valence-corrected chi connectivity index (χ0v) is 34.3. The third-order valence-corrected chi connectivity index (χ3v) is 10.1. The van der Waals surface area contributed by atoms with Gasteiger partial charge in [0.15, 0.2) is 11.4 Å². The van der Waals surface area contributed by atoms with Crippen molar-refractivity contribution in [3.8, 4) is 45.8 Å². The number of esters is 2. The van der Waals surface area contributed by atoms with Crippen LogP contribution >= 0.6 is 0 Å². The van der Waals surface area contributed by atoms with E-state index in [1.807, 2.05) is 18.2 Å². The van der Waals surface area contributed by atoms with E-state index >= 15 is 0 Å². The molecule has 0 aliphatic heterocycles. The first-order chi connectivity index (χ1) is 29.8. The average molecular weight is 847 g/mol. The van der Waals surface area contributed by atoms with Crippen LogP contribution in [0.25, 0.3) is 39.1 Å². The second kappa shape index (κ2) is 16.9. The van der Waals surface area contributed by atoms with Crippen LogP contribution in [-0.4, -0.2) is 100 Å². The van der Waals surface area contributed by atoms with Crippen LogP contribution in [0.1, 0.15) is 34.7 Å². The van der Waals surface area contributed by atoms with Gasteiger partial charge < -0.3 is 59.1 Å². The highest BCUT2D eigenvalue weighted by molar-refractivity contribution is 6.11. The molecule has 0 amide bonds. The number of carbonyl (C=O) groups is 3. The lowest BCUT2D eigenvalue weighted by Gasteiger charge is -2.37. The Morgan fingerprint density at radius 1 is 0.871 bits per heavy atom. The number of carbonyl (C=O) groups excluding carboxylic acids is 3. The van der Waals surface area contributed by atoms with Gasteiger partial charge in [-0.15, -0.1) is 0 Å². The largest absolute Gasteiger partial charge is 0.505 e. The Morgan fingerprint density at radius 3 is 2.16 bits per heavy atom. The Bertz CT molecular complexity index is 2810. The minimum Gasteiger partial charge on any atom is -0.505 e. The van der Waals surface area contributed by atoms with Crippen molar-refractivity contribution in [3.05, 3.63) is 95.9 Å². The van der Waals surface area contributed by atoms with E-state index in [0.29, 0.717) is 51.1 Å². The maximum atomic E-state index is 13.2. The number of aromatic amines is 2. The van der Waals surface area contributed by atoms with E-state index in [4.69, 9.17) is 34.2 Å². The topological polar surface area (TPSA) is 262 Å². The molecule has 0 spiro atoms. The Kier molecular flexibility index (Phi) is 11.5. The zero-order chi connectivity index (χ0) is 44.5. The van der Waals surface area contributed by atoms with Gasteiger partial charge in [0, 0.05) is 36.4 Å². The normalized spacial score (nSPS) is 12.6. The molecular formula is C43H42N8O11. The fraction of sp³-hybridized carbons (Fsp3) is 0.209. The predicted octanol–water partition coefficient (Wildman–Crippen LogP) is 5.22. The number of nitrogens with zero attached hydrogens (tertiary/aromatic N) is 4. The molecule has 0 bridgehead atoms. The summed E-state index contributed by atoms with van der Waals surface area (Å²) in [5.74, 6) is -2.83. The number of hydrogen-bond donors (Lipinski definition) is 6. The van der Waals surface area contributed by atoms with E-state index in [-0.39, 0.29) is 52.5 Å². The average Bonchev–Trinajstić information content (AvgIpc) is 3.97. The number of benzene rings is 4. The van der Waals surface area contributed by atoms with Gasteiger partial charge >= 0.3 is 11.9 Å². The first-order valence-electron chi connectivity index (χ1n) is 18.7. The highest BCUT2D eigenvalue weighted by Gasteiger charge is 2.44. The number of nitrogen functional groups attached to an aromatic ring is 1. The smallest absolute Gasteiger partial charge is 0.359 e. The maximum absolute atomic E-state index is 13.2. The molecular weight excluding hydrogens is 805 g/mol. The number of nitrogens with one attached hydrogen (secondary N) is 3. The SMILES string of the molecule is COC(=O)c1c(O)c(-c2nc3ccccc3[nH]2)c(N)n1-c1cc(OC)cc(OCc2ccc3nc(C(C=O)C(=N)N(c4cc(OC)cc(OC)c4)C(C)(O)C(=O)OC)[nH]c3c2)c1. The molecule has 0 fully saturated rings. The van der Waals surface area contributed by atoms with E-state index in [1.165, 1.54) is 45.1 Å². The van der Waals surface area contributed by atoms with Gasteiger partial charge in [0.25, 0.3) is 0 Å². The van der Waals surface area contributed by atoms with Crippen LogP contribution in [0, 0.1) is 5.41 Å². The molecule has 19 heteroatoms. The fourth-order valence-corrected chi connectivity index (χ4v) is 7.03. The summed E-state index contributed by atoms with van der Waals surface area (Å²) < 4.78 is 33.8. The van der Waals surface area contributed by atoms with Crippen LogP contribution in [0.2, 0.25) is 0 Å². The molecule has 3 aromatic heterocycles. The number of rotatable bonds is 15. The number of para-hydroxylation sites is 2. The Hall–Kier alpha value is -8.06. The van der Waals surface area contributed by atoms with Gasteiger partial charge in [-0.2, -0.15) is 0 Å². The summed E-state index contributed by atoms with van der Waals surface area (Å²) >= 11 is 0. The van der Waals surface area contributed by atoms with Crippen molar-refractivity contribution in [2.75, 3.05) is 46.2 Å². The maximum Gasteiger partial charge on any atom is 0.359 e. The molecule has 0 aliphatic carbocycles. The molecule has 2 atom stereocenters. The van der Waals surface area contributed by atoms with Crippen molar-refractivity contribution in [2.45, 2.75) is 25.2 Å². The van der Waals surface area contributed by atoms with Crippen LogP contribution < -0.4 is 29.6 Å². The predicted molar refractivity (Wildman–Crippen MR) is 226 cm³/mol. The highest BCUT2D eigenvalue weighted by Crippen LogP contribution is 2.43. The van der Waals surface area contributed by atoms with Gasteiger partial charge in [-0.25, -0.2) is 19.6 Å². The lowest BCUT2D eigenvalue weighted by atomic mass is 10.0. The number of aromatic hydroxyl groups is 1. The number of anilines is 2. The number of fused-ring (bicyclic) bond motifs is 2. The van der Waals surface area contributed by atoms with Crippen molar-refractivity contribution in [2.24, 2.45) is 0 Å². The van der Waals surface area contributed by atoms with Gasteiger partial charge in [-0.05, 0) is 36.8 Å². The number of nitrogens with two attached hydrogens (primary N) is 1. The number of H-pyrrole nitrogens is 2. The highest BCUT2D eigenvalue weighted by atomic mass is 16.5. The fourth-order valence-electron chi connectivity index (χ4n) is 7.03. The summed E-state index contributed by atoms with van der Waals surface area (Å²) in [6, 6.07) is 21.8. The second-order valence-corrected chi connectivity index (χ2v) is 13.9. The number of aliphatic hydroxyl groups is 1. The molecule has 0 saturated carbocycles. The molecule has 0 saturated heterocycles. The van der Waals surface area contributed by atoms with Crippen LogP contribution in [0.15, 0.2) is 78.9 Å². The third kappa shape index (κ3) is 7.63. The number of amidine groups is 1. The van der Waals surface area contributed by atoms with Crippen molar-refractivity contribution in [1.29, 1.82) is 5.41 Å². The Balaban J connectivity index is 1.19. The Morgan fingerprint density at radius 2 is 1.52 bits per heavy atom. The molecule has 0 aliphatic rings. The van der Waals surface area contributed by atoms with Gasteiger partial charge in [-0.3, -0.25) is 14.9 Å². The van der Waals surface area contributed by atoms with Gasteiger partial charge in [0.05, 0.1) is 69.0 Å². The van der Waals surface area contributed by atoms with Crippen molar-refractivity contribution in [3.63, 3.8) is 0 Å². The summed E-state index contributed by atoms with van der Waals surface area (Å²) in [4.78, 5) is 55.1. The number of aldehydes is 1. The van der Waals surface area contributed by atoms with Gasteiger partial charge in [0.1, 0.15) is 70.7 Å². The monoisotopic (exact) mass is 846 g/mol. The van der Waals surface area contributed by atoms with Crippen LogP contribution in [0.4, 0.5) is 11.5 Å². The second-order valence-electron chi connectivity index (χ2n) is 13.9. The molecule has 2 unspecified atom stereocenters. The third-order valence-electron chi connectivity index (χ3n) is 10.1. The number of hydrogen-bond acceptors (Lipinski definition) is 15. The molecule has 19 nitrogen and oxygen atoms in total. The standard InChI is InChI=1S/C43H42N8O11/c1-43(56,42(55)61-6)51(24-16-26(58-3)18-27(17-24)59-4)37(44)29(20-52)39-46-32-12-11-22(13-33(32)49-39)21-62-28-15-23(14-25(19-28)57-2)50-35(41(54)60-5)36(53)34(38(50)45)40-47-30-9-7-8-10-31(30)48-40/h7-20,29,44,53,56H,21,45H2,1-6H3,(H,46,49)(H,47,48). The number of methoxy groups -OCH3 is 5. The number of aromatic nitrogens is 5. The van der Waals surface area contributed by atoms with E-state index in [9.17, 15) is 30.0 Å². The van der Waals surface area contributed by atoms with Crippen molar-refractivity contribution >= 4 is 57.6 Å². The van der Waals surface area contributed by atoms with E-state index in [1.54, 1.807) is 48.5 Å².